The Kier molecular flexibility index (Phi) is 7.18. The van der Waals surface area contributed by atoms with Crippen LogP contribution in [0.15, 0.2) is 17.4 Å². The van der Waals surface area contributed by atoms with Crippen LogP contribution < -0.4 is 10.6 Å². The highest BCUT2D eigenvalue weighted by Gasteiger charge is 1.97. The van der Waals surface area contributed by atoms with Crippen molar-refractivity contribution in [2.24, 2.45) is 4.99 Å². The lowest BCUT2D eigenvalue weighted by Gasteiger charge is -2.08. The van der Waals surface area contributed by atoms with Gasteiger partial charge in [-0.15, -0.1) is 6.42 Å². The standard InChI is InChI=1S/C14H23N5/c1-4-8-17-14(15-5-2)18-9-6-7-11-19-12-10-16-13(19)3/h1,10,12H,5-9,11H2,2-3H3,(H2,15,17,18). The minimum atomic E-state index is 0.500. The van der Waals surface area contributed by atoms with Crippen LogP contribution in [0.2, 0.25) is 0 Å². The first-order valence-electron chi connectivity index (χ1n) is 6.71. The van der Waals surface area contributed by atoms with Gasteiger partial charge in [-0.05, 0) is 26.7 Å². The molecule has 19 heavy (non-hydrogen) atoms. The van der Waals surface area contributed by atoms with Crippen LogP contribution in [0.5, 0.6) is 0 Å². The first kappa shape index (κ1) is 15.1. The Hall–Kier alpha value is -1.96. The van der Waals surface area contributed by atoms with E-state index in [4.69, 9.17) is 6.42 Å². The van der Waals surface area contributed by atoms with Gasteiger partial charge in [-0.1, -0.05) is 5.92 Å². The lowest BCUT2D eigenvalue weighted by Crippen LogP contribution is -2.37. The number of imidazole rings is 1. The summed E-state index contributed by atoms with van der Waals surface area (Å²) in [6, 6.07) is 0. The molecule has 0 atom stereocenters. The van der Waals surface area contributed by atoms with Crippen molar-refractivity contribution >= 4 is 5.96 Å². The summed E-state index contributed by atoms with van der Waals surface area (Å²) in [5, 5.41) is 6.23. The third kappa shape index (κ3) is 5.96. The van der Waals surface area contributed by atoms with Crippen molar-refractivity contribution in [2.45, 2.75) is 33.2 Å². The number of aliphatic imine (C=N–C) groups is 1. The van der Waals surface area contributed by atoms with Crippen molar-refractivity contribution in [1.82, 2.24) is 20.2 Å². The average molecular weight is 261 g/mol. The Bertz CT molecular complexity index is 427. The van der Waals surface area contributed by atoms with Crippen LogP contribution >= 0.6 is 0 Å². The summed E-state index contributed by atoms with van der Waals surface area (Å²) in [5.41, 5.74) is 0. The zero-order valence-corrected chi connectivity index (χ0v) is 11.8. The van der Waals surface area contributed by atoms with Crippen LogP contribution in [0.3, 0.4) is 0 Å². The normalized spacial score (nSPS) is 11.1. The van der Waals surface area contributed by atoms with E-state index < -0.39 is 0 Å². The third-order valence-corrected chi connectivity index (χ3v) is 2.70. The van der Waals surface area contributed by atoms with Gasteiger partial charge in [0.1, 0.15) is 5.82 Å². The highest BCUT2D eigenvalue weighted by atomic mass is 15.2. The maximum absolute atomic E-state index is 5.21. The SMILES string of the molecule is C#CCNC(=NCCCCn1ccnc1C)NCC. The van der Waals surface area contributed by atoms with Crippen LogP contribution in [0.4, 0.5) is 0 Å². The van der Waals surface area contributed by atoms with Crippen molar-refractivity contribution in [3.05, 3.63) is 18.2 Å². The van der Waals surface area contributed by atoms with Crippen LogP contribution in [0.25, 0.3) is 0 Å². The highest BCUT2D eigenvalue weighted by Crippen LogP contribution is 1.99. The van der Waals surface area contributed by atoms with Gasteiger partial charge in [-0.3, -0.25) is 4.99 Å². The van der Waals surface area contributed by atoms with Gasteiger partial charge in [-0.25, -0.2) is 4.98 Å². The van der Waals surface area contributed by atoms with Crippen LogP contribution in [0.1, 0.15) is 25.6 Å². The first-order valence-corrected chi connectivity index (χ1v) is 6.71. The number of unbranched alkanes of at least 4 members (excludes halogenated alkanes) is 1. The summed E-state index contributed by atoms with van der Waals surface area (Å²) < 4.78 is 2.16. The summed E-state index contributed by atoms with van der Waals surface area (Å²) in [4.78, 5) is 8.66. The molecule has 0 aliphatic rings. The number of nitrogens with one attached hydrogen (secondary N) is 2. The fourth-order valence-electron chi connectivity index (χ4n) is 1.70. The number of nitrogens with zero attached hydrogens (tertiary/aromatic N) is 3. The van der Waals surface area contributed by atoms with E-state index in [0.29, 0.717) is 6.54 Å². The summed E-state index contributed by atoms with van der Waals surface area (Å²) in [6.45, 7) is 7.19. The molecule has 0 aromatic carbocycles. The van der Waals surface area contributed by atoms with Gasteiger partial charge in [0, 0.05) is 32.0 Å². The fourth-order valence-corrected chi connectivity index (χ4v) is 1.70. The molecule has 0 unspecified atom stereocenters. The van der Waals surface area contributed by atoms with Crippen LogP contribution in [-0.2, 0) is 6.54 Å². The number of guanidine groups is 1. The number of hydrogen-bond donors (Lipinski definition) is 2. The molecule has 0 aliphatic heterocycles. The molecule has 0 aliphatic carbocycles. The van der Waals surface area contributed by atoms with Gasteiger partial charge in [0.25, 0.3) is 0 Å². The zero-order chi connectivity index (χ0) is 13.9. The van der Waals surface area contributed by atoms with Crippen LogP contribution in [-0.4, -0.2) is 35.1 Å². The molecule has 0 saturated heterocycles. The minimum absolute atomic E-state index is 0.500. The van der Waals surface area contributed by atoms with E-state index in [1.165, 1.54) is 0 Å². The van der Waals surface area contributed by atoms with Crippen molar-refractivity contribution in [1.29, 1.82) is 0 Å². The van der Waals surface area contributed by atoms with E-state index >= 15 is 0 Å². The van der Waals surface area contributed by atoms with Crippen LogP contribution in [0, 0.1) is 19.3 Å². The molecule has 1 aromatic heterocycles. The molecule has 1 heterocycles. The molecule has 0 saturated carbocycles. The molecule has 5 heteroatoms. The largest absolute Gasteiger partial charge is 0.357 e. The van der Waals surface area contributed by atoms with E-state index in [1.807, 2.05) is 26.2 Å². The first-order chi connectivity index (χ1) is 9.27. The molecule has 0 spiro atoms. The van der Waals surface area contributed by atoms with E-state index in [0.717, 1.165) is 44.3 Å². The summed E-state index contributed by atoms with van der Waals surface area (Å²) in [7, 11) is 0. The third-order valence-electron chi connectivity index (χ3n) is 2.70. The molecule has 0 amide bonds. The number of terminal acetylenes is 1. The second-order valence-corrected chi connectivity index (χ2v) is 4.19. The molecule has 104 valence electrons. The number of aryl methyl sites for hydroxylation is 2. The molecule has 0 fully saturated rings. The number of rotatable bonds is 7. The predicted molar refractivity (Wildman–Crippen MR) is 79.0 cm³/mol. The second kappa shape index (κ2) is 9.03. The summed E-state index contributed by atoms with van der Waals surface area (Å²) in [6.07, 6.45) is 11.2. The van der Waals surface area contributed by atoms with Gasteiger partial charge in [0.15, 0.2) is 5.96 Å². The van der Waals surface area contributed by atoms with Gasteiger partial charge < -0.3 is 15.2 Å². The topological polar surface area (TPSA) is 54.2 Å². The predicted octanol–water partition coefficient (Wildman–Crippen LogP) is 1.16. The molecule has 1 aromatic rings. The average Bonchev–Trinajstić information content (AvgIpc) is 2.81. The van der Waals surface area contributed by atoms with Crippen molar-refractivity contribution < 1.29 is 0 Å². The zero-order valence-electron chi connectivity index (χ0n) is 11.8. The van der Waals surface area contributed by atoms with Crippen molar-refractivity contribution in [2.75, 3.05) is 19.6 Å². The molecular formula is C14H23N5. The lowest BCUT2D eigenvalue weighted by molar-refractivity contribution is 0.601. The Labute approximate surface area is 115 Å². The Morgan fingerprint density at radius 3 is 2.95 bits per heavy atom. The highest BCUT2D eigenvalue weighted by molar-refractivity contribution is 5.79. The monoisotopic (exact) mass is 261 g/mol. The number of hydrogen-bond acceptors (Lipinski definition) is 2. The maximum atomic E-state index is 5.21. The molecular weight excluding hydrogens is 238 g/mol. The number of aromatic nitrogens is 2. The van der Waals surface area contributed by atoms with E-state index in [-0.39, 0.29) is 0 Å². The van der Waals surface area contributed by atoms with Gasteiger partial charge in [0.05, 0.1) is 6.54 Å². The quantitative estimate of drug-likeness (QED) is 0.335. The summed E-state index contributed by atoms with van der Waals surface area (Å²) in [5.74, 6) is 4.39. The molecule has 0 radical (unpaired) electrons. The molecule has 2 N–H and O–H groups in total. The molecule has 0 bridgehead atoms. The Morgan fingerprint density at radius 1 is 1.47 bits per heavy atom. The van der Waals surface area contributed by atoms with Gasteiger partial charge in [0.2, 0.25) is 0 Å². The van der Waals surface area contributed by atoms with E-state index in [9.17, 15) is 0 Å². The molecule has 5 nitrogen and oxygen atoms in total. The molecule has 1 rings (SSSR count). The smallest absolute Gasteiger partial charge is 0.192 e. The Morgan fingerprint density at radius 2 is 2.32 bits per heavy atom. The Balaban J connectivity index is 2.23. The van der Waals surface area contributed by atoms with E-state index in [1.54, 1.807) is 0 Å². The van der Waals surface area contributed by atoms with Crippen molar-refractivity contribution in [3.8, 4) is 12.3 Å². The van der Waals surface area contributed by atoms with E-state index in [2.05, 4.69) is 31.1 Å². The second-order valence-electron chi connectivity index (χ2n) is 4.19. The van der Waals surface area contributed by atoms with Gasteiger partial charge >= 0.3 is 0 Å². The van der Waals surface area contributed by atoms with Gasteiger partial charge in [-0.2, -0.15) is 0 Å². The maximum Gasteiger partial charge on any atom is 0.192 e. The fraction of sp³-hybridized carbons (Fsp3) is 0.571. The summed E-state index contributed by atoms with van der Waals surface area (Å²) >= 11 is 0. The van der Waals surface area contributed by atoms with Crippen molar-refractivity contribution in [3.63, 3.8) is 0 Å². The minimum Gasteiger partial charge on any atom is -0.357 e. The lowest BCUT2D eigenvalue weighted by atomic mass is 10.3.